The maximum atomic E-state index is 12.2. The molecule has 0 unspecified atom stereocenters. The van der Waals surface area contributed by atoms with Crippen LogP contribution in [0.3, 0.4) is 0 Å². The first kappa shape index (κ1) is 21.2. The fraction of sp³-hybridized carbons (Fsp3) is 0.476. The Morgan fingerprint density at radius 3 is 2.86 bits per heavy atom. The summed E-state index contributed by atoms with van der Waals surface area (Å²) in [5, 5.41) is 15.8. The Hall–Kier alpha value is -2.50. The van der Waals surface area contributed by atoms with E-state index in [2.05, 4.69) is 16.7 Å². The van der Waals surface area contributed by atoms with Gasteiger partial charge in [0.05, 0.1) is 35.1 Å². The van der Waals surface area contributed by atoms with Crippen LogP contribution >= 0.6 is 11.8 Å². The molecule has 2 atom stereocenters. The molecule has 3 rings (SSSR count). The second kappa shape index (κ2) is 10.3. The van der Waals surface area contributed by atoms with Gasteiger partial charge < -0.3 is 20.1 Å². The Morgan fingerprint density at radius 1 is 1.41 bits per heavy atom. The second-order valence-corrected chi connectivity index (χ2v) is 7.87. The van der Waals surface area contributed by atoms with E-state index < -0.39 is 0 Å². The summed E-state index contributed by atoms with van der Waals surface area (Å²) in [6.45, 7) is 3.72. The molecule has 1 fully saturated rings. The van der Waals surface area contributed by atoms with E-state index in [1.165, 1.54) is 11.8 Å². The number of allylic oxidation sites excluding steroid dienone is 1. The summed E-state index contributed by atoms with van der Waals surface area (Å²) in [7, 11) is 0. The van der Waals surface area contributed by atoms with Gasteiger partial charge in [-0.2, -0.15) is 5.26 Å². The molecule has 2 aliphatic heterocycles. The monoisotopic (exact) mass is 415 g/mol. The molecule has 0 radical (unpaired) electrons. The lowest BCUT2D eigenvalue weighted by Gasteiger charge is -2.25. The Kier molecular flexibility index (Phi) is 7.55. The van der Waals surface area contributed by atoms with Crippen LogP contribution in [0.4, 0.5) is 0 Å². The number of nitriles is 1. The molecule has 0 spiro atoms. The minimum atomic E-state index is -0.332. The van der Waals surface area contributed by atoms with Gasteiger partial charge in [0.1, 0.15) is 5.75 Å². The highest BCUT2D eigenvalue weighted by Crippen LogP contribution is 2.36. The maximum Gasteiger partial charge on any atom is 0.230 e. The molecule has 0 saturated carbocycles. The smallest absolute Gasteiger partial charge is 0.230 e. The lowest BCUT2D eigenvalue weighted by Crippen LogP contribution is -2.34. The number of thioether (sulfide) groups is 1. The summed E-state index contributed by atoms with van der Waals surface area (Å²) in [4.78, 5) is 24.4. The molecule has 2 aliphatic rings. The first-order valence-electron chi connectivity index (χ1n) is 9.78. The van der Waals surface area contributed by atoms with Gasteiger partial charge in [0.25, 0.3) is 0 Å². The molecule has 7 nitrogen and oxygen atoms in total. The quantitative estimate of drug-likeness (QED) is 0.676. The first-order valence-corrected chi connectivity index (χ1v) is 10.8. The van der Waals surface area contributed by atoms with Crippen molar-refractivity contribution in [3.63, 3.8) is 0 Å². The number of ether oxygens (including phenoxy) is 2. The van der Waals surface area contributed by atoms with Gasteiger partial charge in [0, 0.05) is 25.5 Å². The van der Waals surface area contributed by atoms with E-state index in [0.717, 1.165) is 30.8 Å². The minimum Gasteiger partial charge on any atom is -0.494 e. The predicted molar refractivity (Wildman–Crippen MR) is 110 cm³/mol. The van der Waals surface area contributed by atoms with Crippen molar-refractivity contribution in [2.45, 2.75) is 38.2 Å². The molecule has 29 heavy (non-hydrogen) atoms. The van der Waals surface area contributed by atoms with Crippen LogP contribution in [0.25, 0.3) is 0 Å². The summed E-state index contributed by atoms with van der Waals surface area (Å²) in [5.41, 5.74) is 1.35. The van der Waals surface area contributed by atoms with Crippen LogP contribution < -0.4 is 15.4 Å². The maximum absolute atomic E-state index is 12.2. The van der Waals surface area contributed by atoms with Crippen molar-refractivity contribution < 1.29 is 19.1 Å². The number of carbonyl (C=O) groups is 2. The number of nitrogens with zero attached hydrogens (tertiary/aromatic N) is 1. The summed E-state index contributed by atoms with van der Waals surface area (Å²) < 4.78 is 10.9. The van der Waals surface area contributed by atoms with Crippen LogP contribution in [0.2, 0.25) is 0 Å². The molecule has 0 aliphatic carbocycles. The average Bonchev–Trinajstić information content (AvgIpc) is 3.25. The van der Waals surface area contributed by atoms with Crippen molar-refractivity contribution in [1.29, 1.82) is 5.26 Å². The van der Waals surface area contributed by atoms with Gasteiger partial charge in [0.2, 0.25) is 11.8 Å². The summed E-state index contributed by atoms with van der Waals surface area (Å²) in [5.74, 6) is 0.236. The average molecular weight is 416 g/mol. The fourth-order valence-corrected chi connectivity index (χ4v) is 4.31. The van der Waals surface area contributed by atoms with E-state index in [1.807, 2.05) is 31.2 Å². The number of amides is 2. The zero-order valence-electron chi connectivity index (χ0n) is 16.4. The number of carbonyl (C=O) groups excluding carboxylic acids is 2. The molecule has 1 saturated heterocycles. The van der Waals surface area contributed by atoms with E-state index in [4.69, 9.17) is 9.47 Å². The topological polar surface area (TPSA) is 100 Å². The standard InChI is InChI=1S/C21H25N3O4S/c1-2-27-15-7-5-14(6-8-15)17-10-19(25)24-21(18(17)11-22)29-13-20(26)23-12-16-4-3-9-28-16/h5-8,16-17H,2-4,9-10,12-13H2,1H3,(H,23,26)(H,24,25)/t16-,17+/m0/s1. The minimum absolute atomic E-state index is 0.0799. The SMILES string of the molecule is CCOc1ccc([C@H]2CC(=O)NC(SCC(=O)NC[C@@H]3CCCO3)=C2C#N)cc1. The largest absolute Gasteiger partial charge is 0.494 e. The van der Waals surface area contributed by atoms with Crippen LogP contribution in [0.15, 0.2) is 34.9 Å². The van der Waals surface area contributed by atoms with Gasteiger partial charge in [-0.05, 0) is 37.5 Å². The molecule has 2 amide bonds. The molecule has 2 heterocycles. The van der Waals surface area contributed by atoms with E-state index in [9.17, 15) is 14.9 Å². The number of hydrogen-bond acceptors (Lipinski definition) is 6. The highest BCUT2D eigenvalue weighted by molar-refractivity contribution is 8.03. The normalized spacial score (nSPS) is 21.4. The number of hydrogen-bond donors (Lipinski definition) is 2. The van der Waals surface area contributed by atoms with E-state index >= 15 is 0 Å². The molecular formula is C21H25N3O4S. The van der Waals surface area contributed by atoms with Gasteiger partial charge >= 0.3 is 0 Å². The molecule has 8 heteroatoms. The van der Waals surface area contributed by atoms with Gasteiger partial charge in [-0.15, -0.1) is 0 Å². The van der Waals surface area contributed by atoms with Crippen LogP contribution in [0, 0.1) is 11.3 Å². The highest BCUT2D eigenvalue weighted by Gasteiger charge is 2.30. The zero-order chi connectivity index (χ0) is 20.6. The highest BCUT2D eigenvalue weighted by atomic mass is 32.2. The third kappa shape index (κ3) is 5.75. The van der Waals surface area contributed by atoms with Gasteiger partial charge in [-0.1, -0.05) is 23.9 Å². The fourth-order valence-electron chi connectivity index (χ4n) is 3.40. The van der Waals surface area contributed by atoms with Crippen LogP contribution in [-0.2, 0) is 14.3 Å². The molecule has 2 N–H and O–H groups in total. The lowest BCUT2D eigenvalue weighted by atomic mass is 9.87. The Balaban J connectivity index is 1.65. The van der Waals surface area contributed by atoms with Crippen molar-refractivity contribution in [3.8, 4) is 11.8 Å². The van der Waals surface area contributed by atoms with Crippen molar-refractivity contribution >= 4 is 23.6 Å². The van der Waals surface area contributed by atoms with Crippen molar-refractivity contribution in [3.05, 3.63) is 40.4 Å². The number of benzene rings is 1. The summed E-state index contributed by atoms with van der Waals surface area (Å²) in [6.07, 6.45) is 2.26. The van der Waals surface area contributed by atoms with Crippen LogP contribution in [0.1, 0.15) is 37.7 Å². The van der Waals surface area contributed by atoms with Crippen molar-refractivity contribution in [2.75, 3.05) is 25.5 Å². The van der Waals surface area contributed by atoms with Gasteiger partial charge in [-0.3, -0.25) is 9.59 Å². The van der Waals surface area contributed by atoms with E-state index in [1.54, 1.807) is 0 Å². The number of rotatable bonds is 8. The van der Waals surface area contributed by atoms with Gasteiger partial charge in [0.15, 0.2) is 0 Å². The molecule has 0 bridgehead atoms. The lowest BCUT2D eigenvalue weighted by molar-refractivity contribution is -0.121. The Bertz CT molecular complexity index is 810. The zero-order valence-corrected chi connectivity index (χ0v) is 17.2. The summed E-state index contributed by atoms with van der Waals surface area (Å²) in [6, 6.07) is 9.66. The van der Waals surface area contributed by atoms with Crippen molar-refractivity contribution in [2.24, 2.45) is 0 Å². The molecule has 1 aromatic rings. The second-order valence-electron chi connectivity index (χ2n) is 6.89. The van der Waals surface area contributed by atoms with Gasteiger partial charge in [-0.25, -0.2) is 0 Å². The third-order valence-corrected chi connectivity index (χ3v) is 5.87. The summed E-state index contributed by atoms with van der Waals surface area (Å²) >= 11 is 1.18. The van der Waals surface area contributed by atoms with Crippen LogP contribution in [0.5, 0.6) is 5.75 Å². The van der Waals surface area contributed by atoms with Crippen LogP contribution in [-0.4, -0.2) is 43.4 Å². The van der Waals surface area contributed by atoms with Crippen molar-refractivity contribution in [1.82, 2.24) is 10.6 Å². The molecular weight excluding hydrogens is 390 g/mol. The third-order valence-electron chi connectivity index (χ3n) is 4.85. The Morgan fingerprint density at radius 2 is 2.21 bits per heavy atom. The van der Waals surface area contributed by atoms with E-state index in [0.29, 0.717) is 23.8 Å². The first-order chi connectivity index (χ1) is 14.1. The molecule has 1 aromatic carbocycles. The molecule has 0 aromatic heterocycles. The van der Waals surface area contributed by atoms with E-state index in [-0.39, 0.29) is 36.0 Å². The Labute approximate surface area is 174 Å². The molecule has 154 valence electrons. The number of nitrogens with one attached hydrogen (secondary N) is 2. The predicted octanol–water partition coefficient (Wildman–Crippen LogP) is 2.45.